The molecule has 1 amide bonds. The lowest BCUT2D eigenvalue weighted by atomic mass is 9.99. The molecule has 0 unspecified atom stereocenters. The SMILES string of the molecule is COc1ccc(S(=O)(=O)N2CCC[C@@H](C(=O)NCc3cccnc3)C2)cc1. The Hall–Kier alpha value is -2.45. The molecule has 2 heterocycles. The van der Waals surface area contributed by atoms with Gasteiger partial charge in [-0.2, -0.15) is 4.31 Å². The topological polar surface area (TPSA) is 88.6 Å². The smallest absolute Gasteiger partial charge is 0.243 e. The van der Waals surface area contributed by atoms with E-state index >= 15 is 0 Å². The molecule has 7 nitrogen and oxygen atoms in total. The zero-order valence-corrected chi connectivity index (χ0v) is 16.0. The minimum atomic E-state index is -3.63. The fraction of sp³-hybridized carbons (Fsp3) is 0.368. The minimum Gasteiger partial charge on any atom is -0.497 e. The number of methoxy groups -OCH3 is 1. The van der Waals surface area contributed by atoms with E-state index < -0.39 is 10.0 Å². The van der Waals surface area contributed by atoms with Gasteiger partial charge in [0.1, 0.15) is 5.75 Å². The van der Waals surface area contributed by atoms with Gasteiger partial charge >= 0.3 is 0 Å². The molecule has 1 N–H and O–H groups in total. The number of amides is 1. The number of hydrogen-bond donors (Lipinski definition) is 1. The maximum absolute atomic E-state index is 12.9. The van der Waals surface area contributed by atoms with Crippen molar-refractivity contribution in [3.63, 3.8) is 0 Å². The Kier molecular flexibility index (Phi) is 6.08. The number of nitrogens with one attached hydrogen (secondary N) is 1. The highest BCUT2D eigenvalue weighted by Crippen LogP contribution is 2.25. The summed E-state index contributed by atoms with van der Waals surface area (Å²) in [6, 6.07) is 9.99. The molecule has 144 valence electrons. The Morgan fingerprint density at radius 1 is 1.30 bits per heavy atom. The van der Waals surface area contributed by atoms with Crippen LogP contribution in [0.3, 0.4) is 0 Å². The van der Waals surface area contributed by atoms with Crippen molar-refractivity contribution in [2.75, 3.05) is 20.2 Å². The van der Waals surface area contributed by atoms with Gasteiger partial charge in [-0.15, -0.1) is 0 Å². The molecule has 3 rings (SSSR count). The van der Waals surface area contributed by atoms with Crippen molar-refractivity contribution < 1.29 is 17.9 Å². The highest BCUT2D eigenvalue weighted by Gasteiger charge is 2.33. The van der Waals surface area contributed by atoms with Gasteiger partial charge in [-0.25, -0.2) is 8.42 Å². The molecule has 1 aromatic heterocycles. The molecule has 8 heteroatoms. The van der Waals surface area contributed by atoms with Crippen LogP contribution in [0.1, 0.15) is 18.4 Å². The fourth-order valence-corrected chi connectivity index (χ4v) is 4.63. The lowest BCUT2D eigenvalue weighted by Crippen LogP contribution is -2.45. The number of hydrogen-bond acceptors (Lipinski definition) is 5. The van der Waals surface area contributed by atoms with Crippen LogP contribution in [0.4, 0.5) is 0 Å². The van der Waals surface area contributed by atoms with Gasteiger partial charge in [0.05, 0.1) is 17.9 Å². The molecule has 1 aliphatic rings. The second kappa shape index (κ2) is 8.49. The number of pyridine rings is 1. The highest BCUT2D eigenvalue weighted by atomic mass is 32.2. The molecule has 27 heavy (non-hydrogen) atoms. The van der Waals surface area contributed by atoms with Crippen LogP contribution in [0.25, 0.3) is 0 Å². The highest BCUT2D eigenvalue weighted by molar-refractivity contribution is 7.89. The van der Waals surface area contributed by atoms with E-state index in [1.807, 2.05) is 12.1 Å². The van der Waals surface area contributed by atoms with E-state index in [2.05, 4.69) is 10.3 Å². The molecule has 1 fully saturated rings. The minimum absolute atomic E-state index is 0.131. The number of benzene rings is 1. The van der Waals surface area contributed by atoms with Gasteiger partial charge in [0, 0.05) is 32.0 Å². The van der Waals surface area contributed by atoms with E-state index in [9.17, 15) is 13.2 Å². The molecule has 0 saturated carbocycles. The summed E-state index contributed by atoms with van der Waals surface area (Å²) < 4.78 is 32.2. The molecule has 1 aliphatic heterocycles. The van der Waals surface area contributed by atoms with Gasteiger partial charge in [-0.05, 0) is 48.7 Å². The van der Waals surface area contributed by atoms with Gasteiger partial charge < -0.3 is 10.1 Å². The summed E-state index contributed by atoms with van der Waals surface area (Å²) in [5.74, 6) is 0.108. The molecular weight excluding hydrogens is 366 g/mol. The number of rotatable bonds is 6. The molecule has 2 aromatic rings. The number of sulfonamides is 1. The van der Waals surface area contributed by atoms with Crippen LogP contribution in [-0.4, -0.2) is 43.8 Å². The van der Waals surface area contributed by atoms with Gasteiger partial charge in [0.15, 0.2) is 0 Å². The summed E-state index contributed by atoms with van der Waals surface area (Å²) in [5.41, 5.74) is 0.907. The summed E-state index contributed by atoms with van der Waals surface area (Å²) in [4.78, 5) is 16.7. The zero-order valence-electron chi connectivity index (χ0n) is 15.2. The van der Waals surface area contributed by atoms with E-state index in [1.54, 1.807) is 24.5 Å². The number of carbonyl (C=O) groups excluding carboxylic acids is 1. The standard InChI is InChI=1S/C19H23N3O4S/c1-26-17-6-8-18(9-7-17)27(24,25)22-11-3-5-16(14-22)19(23)21-13-15-4-2-10-20-12-15/h2,4,6-10,12,16H,3,5,11,13-14H2,1H3,(H,21,23)/t16-/m1/s1. The van der Waals surface area contributed by atoms with E-state index in [0.29, 0.717) is 31.7 Å². The predicted molar refractivity (Wildman–Crippen MR) is 101 cm³/mol. The number of carbonyl (C=O) groups is 1. The summed E-state index contributed by atoms with van der Waals surface area (Å²) in [6.45, 7) is 0.988. The normalized spacial score (nSPS) is 18.0. The van der Waals surface area contributed by atoms with Crippen LogP contribution in [0.5, 0.6) is 5.75 Å². The van der Waals surface area contributed by atoms with Crippen LogP contribution < -0.4 is 10.1 Å². The Morgan fingerprint density at radius 3 is 2.74 bits per heavy atom. The van der Waals surface area contributed by atoms with Crippen molar-refractivity contribution in [2.45, 2.75) is 24.3 Å². The zero-order chi connectivity index (χ0) is 19.3. The number of nitrogens with zero attached hydrogens (tertiary/aromatic N) is 2. The van der Waals surface area contributed by atoms with Gasteiger partial charge in [-0.3, -0.25) is 9.78 Å². The molecule has 1 saturated heterocycles. The quantitative estimate of drug-likeness (QED) is 0.814. The van der Waals surface area contributed by atoms with E-state index in [1.165, 1.54) is 23.5 Å². The van der Waals surface area contributed by atoms with E-state index in [4.69, 9.17) is 4.74 Å². The Labute approximate surface area is 159 Å². The molecule has 1 aromatic carbocycles. The predicted octanol–water partition coefficient (Wildman–Crippen LogP) is 1.81. The lowest BCUT2D eigenvalue weighted by Gasteiger charge is -2.31. The van der Waals surface area contributed by atoms with Crippen LogP contribution >= 0.6 is 0 Å². The third-order valence-corrected chi connectivity index (χ3v) is 6.52. The van der Waals surface area contributed by atoms with Crippen molar-refractivity contribution in [3.8, 4) is 5.75 Å². The first-order valence-electron chi connectivity index (χ1n) is 8.81. The van der Waals surface area contributed by atoms with Crippen molar-refractivity contribution in [1.29, 1.82) is 0 Å². The molecule has 0 spiro atoms. The first-order valence-corrected chi connectivity index (χ1v) is 10.3. The first kappa shape index (κ1) is 19.3. The van der Waals surface area contributed by atoms with Gasteiger partial charge in [-0.1, -0.05) is 6.07 Å². The number of ether oxygens (including phenoxy) is 1. The molecule has 0 bridgehead atoms. The van der Waals surface area contributed by atoms with Gasteiger partial charge in [0.2, 0.25) is 15.9 Å². The van der Waals surface area contributed by atoms with E-state index in [0.717, 1.165) is 5.56 Å². The third kappa shape index (κ3) is 4.64. The van der Waals surface area contributed by atoms with Crippen LogP contribution in [0.2, 0.25) is 0 Å². The second-order valence-corrected chi connectivity index (χ2v) is 8.39. The largest absolute Gasteiger partial charge is 0.497 e. The summed E-state index contributed by atoms with van der Waals surface area (Å²) in [7, 11) is -2.10. The third-order valence-electron chi connectivity index (χ3n) is 4.64. The molecule has 0 radical (unpaired) electrons. The van der Waals surface area contributed by atoms with Gasteiger partial charge in [0.25, 0.3) is 0 Å². The molecule has 0 aliphatic carbocycles. The van der Waals surface area contributed by atoms with Crippen molar-refractivity contribution in [3.05, 3.63) is 54.4 Å². The van der Waals surface area contributed by atoms with E-state index in [-0.39, 0.29) is 23.3 Å². The van der Waals surface area contributed by atoms with Crippen molar-refractivity contribution in [1.82, 2.24) is 14.6 Å². The summed E-state index contributed by atoms with van der Waals surface area (Å²) >= 11 is 0. The summed E-state index contributed by atoms with van der Waals surface area (Å²) in [5, 5.41) is 2.88. The average Bonchev–Trinajstić information content (AvgIpc) is 2.73. The Bertz CT molecular complexity index is 870. The lowest BCUT2D eigenvalue weighted by molar-refractivity contribution is -0.126. The first-order chi connectivity index (χ1) is 13.0. The number of aromatic nitrogens is 1. The fourth-order valence-electron chi connectivity index (χ4n) is 3.11. The maximum Gasteiger partial charge on any atom is 0.243 e. The Balaban J connectivity index is 1.64. The second-order valence-electron chi connectivity index (χ2n) is 6.46. The maximum atomic E-state index is 12.9. The van der Waals surface area contributed by atoms with Crippen LogP contribution in [0.15, 0.2) is 53.7 Å². The monoisotopic (exact) mass is 389 g/mol. The van der Waals surface area contributed by atoms with Crippen LogP contribution in [-0.2, 0) is 21.4 Å². The van der Waals surface area contributed by atoms with Crippen LogP contribution in [0, 0.1) is 5.92 Å². The average molecular weight is 389 g/mol. The summed E-state index contributed by atoms with van der Waals surface area (Å²) in [6.07, 6.45) is 4.70. The van der Waals surface area contributed by atoms with Crippen molar-refractivity contribution in [2.24, 2.45) is 5.92 Å². The molecule has 1 atom stereocenters. The Morgan fingerprint density at radius 2 is 2.07 bits per heavy atom. The number of piperidine rings is 1. The van der Waals surface area contributed by atoms with Crippen molar-refractivity contribution >= 4 is 15.9 Å². The molecular formula is C19H23N3O4S.